The maximum Gasteiger partial charge on any atom is 0.240 e. The zero-order valence-corrected chi connectivity index (χ0v) is 16.4. The number of nitrogens with zero attached hydrogens (tertiary/aromatic N) is 1. The van der Waals surface area contributed by atoms with Crippen molar-refractivity contribution in [3.8, 4) is 5.75 Å². The Labute approximate surface area is 163 Å². The number of nitrogens with one attached hydrogen (secondary N) is 1. The maximum absolute atomic E-state index is 13.4. The molecule has 2 aromatic rings. The average Bonchev–Trinajstić information content (AvgIpc) is 2.65. The third-order valence-corrected chi connectivity index (χ3v) is 5.12. The summed E-state index contributed by atoms with van der Waals surface area (Å²) in [5.74, 6) is -2.08. The third-order valence-electron chi connectivity index (χ3n) is 3.98. The van der Waals surface area contributed by atoms with E-state index >= 15 is 0 Å². The van der Waals surface area contributed by atoms with Crippen LogP contribution in [0.25, 0.3) is 0 Å². The highest BCUT2D eigenvalue weighted by atomic mass is 32.2. The summed E-state index contributed by atoms with van der Waals surface area (Å²) in [7, 11) is -2.27. The molecule has 6 nitrogen and oxygen atoms in total. The number of methoxy groups -OCH3 is 1. The summed E-state index contributed by atoms with van der Waals surface area (Å²) in [5, 5.41) is 2.64. The second-order valence-corrected chi connectivity index (χ2v) is 8.08. The highest BCUT2D eigenvalue weighted by molar-refractivity contribution is 7.92. The van der Waals surface area contributed by atoms with Gasteiger partial charge in [-0.2, -0.15) is 0 Å². The molecule has 1 N–H and O–H groups in total. The fourth-order valence-corrected chi connectivity index (χ4v) is 3.42. The molecule has 0 aliphatic heterocycles. The lowest BCUT2D eigenvalue weighted by Crippen LogP contribution is -2.40. The van der Waals surface area contributed by atoms with Gasteiger partial charge in [0.2, 0.25) is 15.9 Å². The minimum absolute atomic E-state index is 0.118. The van der Waals surface area contributed by atoms with Crippen molar-refractivity contribution in [2.24, 2.45) is 0 Å². The lowest BCUT2D eigenvalue weighted by atomic mass is 10.1. The van der Waals surface area contributed by atoms with Gasteiger partial charge in [0, 0.05) is 12.6 Å². The Bertz CT molecular complexity index is 935. The normalized spacial score (nSPS) is 11.1. The van der Waals surface area contributed by atoms with E-state index in [0.717, 1.165) is 40.1 Å². The fraction of sp³-hybridized carbons (Fsp3) is 0.316. The Balaban J connectivity index is 1.92. The minimum atomic E-state index is -3.85. The second-order valence-electron chi connectivity index (χ2n) is 6.17. The minimum Gasteiger partial charge on any atom is -0.497 e. The Hall–Kier alpha value is -2.68. The summed E-state index contributed by atoms with van der Waals surface area (Å²) in [6, 6.07) is 10.2. The number of benzene rings is 2. The highest BCUT2D eigenvalue weighted by Gasteiger charge is 2.21. The van der Waals surface area contributed by atoms with E-state index in [1.165, 1.54) is 0 Å². The molecule has 0 saturated heterocycles. The predicted octanol–water partition coefficient (Wildman–Crippen LogP) is 2.49. The lowest BCUT2D eigenvalue weighted by molar-refractivity contribution is -0.119. The number of hydrogen-bond donors (Lipinski definition) is 1. The van der Waals surface area contributed by atoms with Crippen LogP contribution in [-0.2, 0) is 21.2 Å². The van der Waals surface area contributed by atoms with E-state index in [2.05, 4.69) is 5.32 Å². The van der Waals surface area contributed by atoms with Crippen LogP contribution >= 0.6 is 0 Å². The number of aryl methyl sites for hydroxylation is 1. The van der Waals surface area contributed by atoms with Crippen LogP contribution in [0.15, 0.2) is 42.5 Å². The molecule has 0 unspecified atom stereocenters. The molecule has 2 aromatic carbocycles. The molecule has 28 heavy (non-hydrogen) atoms. The summed E-state index contributed by atoms with van der Waals surface area (Å²) in [4.78, 5) is 12.1. The number of sulfonamides is 1. The zero-order valence-electron chi connectivity index (χ0n) is 15.6. The first-order chi connectivity index (χ1) is 13.2. The summed E-state index contributed by atoms with van der Waals surface area (Å²) in [5.41, 5.74) is 0.932. The maximum atomic E-state index is 13.4. The molecule has 2 rings (SSSR count). The van der Waals surface area contributed by atoms with Crippen LogP contribution in [0.3, 0.4) is 0 Å². The number of hydrogen-bond acceptors (Lipinski definition) is 4. The van der Waals surface area contributed by atoms with Gasteiger partial charge in [-0.25, -0.2) is 17.2 Å². The zero-order chi connectivity index (χ0) is 20.7. The van der Waals surface area contributed by atoms with E-state index in [0.29, 0.717) is 19.4 Å². The average molecular weight is 412 g/mol. The van der Waals surface area contributed by atoms with Crippen LogP contribution in [-0.4, -0.2) is 40.8 Å². The van der Waals surface area contributed by atoms with E-state index in [1.54, 1.807) is 7.11 Å². The van der Waals surface area contributed by atoms with Crippen LogP contribution in [0.2, 0.25) is 0 Å². The number of amides is 1. The van der Waals surface area contributed by atoms with E-state index in [9.17, 15) is 22.0 Å². The van der Waals surface area contributed by atoms with Crippen molar-refractivity contribution >= 4 is 21.6 Å². The van der Waals surface area contributed by atoms with Crippen molar-refractivity contribution < 1.29 is 26.7 Å². The molecule has 1 amide bonds. The number of ether oxygens (including phenoxy) is 1. The van der Waals surface area contributed by atoms with Gasteiger partial charge in [0.15, 0.2) is 11.6 Å². The third kappa shape index (κ3) is 6.19. The van der Waals surface area contributed by atoms with Gasteiger partial charge in [-0.05, 0) is 42.7 Å². The Kier molecular flexibility index (Phi) is 7.33. The molecule has 0 heterocycles. The van der Waals surface area contributed by atoms with Crippen molar-refractivity contribution in [2.75, 3.05) is 30.8 Å². The first-order valence-electron chi connectivity index (χ1n) is 8.53. The largest absolute Gasteiger partial charge is 0.497 e. The predicted molar refractivity (Wildman–Crippen MR) is 103 cm³/mol. The van der Waals surface area contributed by atoms with Gasteiger partial charge in [-0.3, -0.25) is 9.10 Å². The highest BCUT2D eigenvalue weighted by Crippen LogP contribution is 2.20. The molecule has 0 radical (unpaired) electrons. The van der Waals surface area contributed by atoms with Gasteiger partial charge in [0.1, 0.15) is 12.3 Å². The molecular weight excluding hydrogens is 390 g/mol. The van der Waals surface area contributed by atoms with Gasteiger partial charge >= 0.3 is 0 Å². The van der Waals surface area contributed by atoms with Gasteiger partial charge in [0.05, 0.1) is 19.1 Å². The first kappa shape index (κ1) is 21.6. The first-order valence-corrected chi connectivity index (χ1v) is 10.4. The molecule has 0 atom stereocenters. The number of anilines is 1. The van der Waals surface area contributed by atoms with E-state index < -0.39 is 34.1 Å². The molecule has 0 aromatic heterocycles. The van der Waals surface area contributed by atoms with Crippen molar-refractivity contribution in [2.45, 2.75) is 12.8 Å². The second kappa shape index (κ2) is 9.50. The van der Waals surface area contributed by atoms with Gasteiger partial charge in [0.25, 0.3) is 0 Å². The van der Waals surface area contributed by atoms with Gasteiger partial charge in [-0.1, -0.05) is 12.1 Å². The van der Waals surface area contributed by atoms with Crippen molar-refractivity contribution in [3.63, 3.8) is 0 Å². The van der Waals surface area contributed by atoms with Gasteiger partial charge < -0.3 is 10.1 Å². The monoisotopic (exact) mass is 412 g/mol. The van der Waals surface area contributed by atoms with Crippen molar-refractivity contribution in [1.29, 1.82) is 0 Å². The Morgan fingerprint density at radius 3 is 2.54 bits per heavy atom. The standard InChI is InChI=1S/C19H22F2N2O4S/c1-27-16-7-3-5-14(11-16)6-4-10-22-19(24)13-23(28(2,25)26)15-8-9-17(20)18(21)12-15/h3,5,7-9,11-12H,4,6,10,13H2,1-2H3,(H,22,24). The van der Waals surface area contributed by atoms with Gasteiger partial charge in [-0.15, -0.1) is 0 Å². The van der Waals surface area contributed by atoms with E-state index in [4.69, 9.17) is 4.74 Å². The molecule has 0 saturated carbocycles. The van der Waals surface area contributed by atoms with Crippen LogP contribution in [0.4, 0.5) is 14.5 Å². The van der Waals surface area contributed by atoms with E-state index in [1.807, 2.05) is 24.3 Å². The molecule has 0 aliphatic rings. The molecule has 0 fully saturated rings. The Morgan fingerprint density at radius 1 is 1.14 bits per heavy atom. The topological polar surface area (TPSA) is 75.7 Å². The van der Waals surface area contributed by atoms with E-state index in [-0.39, 0.29) is 5.69 Å². The van der Waals surface area contributed by atoms with Crippen LogP contribution in [0.1, 0.15) is 12.0 Å². The summed E-state index contributed by atoms with van der Waals surface area (Å²) < 4.78 is 56.3. The summed E-state index contributed by atoms with van der Waals surface area (Å²) >= 11 is 0. The van der Waals surface area contributed by atoms with Crippen molar-refractivity contribution in [3.05, 3.63) is 59.7 Å². The molecule has 152 valence electrons. The quantitative estimate of drug-likeness (QED) is 0.642. The summed E-state index contributed by atoms with van der Waals surface area (Å²) in [6.07, 6.45) is 2.24. The smallest absolute Gasteiger partial charge is 0.240 e. The number of carbonyl (C=O) groups excluding carboxylic acids is 1. The number of rotatable bonds is 9. The number of halogens is 2. The Morgan fingerprint density at radius 2 is 1.89 bits per heavy atom. The van der Waals surface area contributed by atoms with Crippen molar-refractivity contribution in [1.82, 2.24) is 5.32 Å². The molecular formula is C19H22F2N2O4S. The molecule has 0 spiro atoms. The molecule has 0 aliphatic carbocycles. The molecule has 0 bridgehead atoms. The van der Waals surface area contributed by atoms with Crippen LogP contribution in [0.5, 0.6) is 5.75 Å². The van der Waals surface area contributed by atoms with Crippen LogP contribution < -0.4 is 14.4 Å². The lowest BCUT2D eigenvalue weighted by Gasteiger charge is -2.22. The fourth-order valence-electron chi connectivity index (χ4n) is 2.57. The summed E-state index contributed by atoms with van der Waals surface area (Å²) in [6.45, 7) is -0.186. The number of carbonyl (C=O) groups is 1. The SMILES string of the molecule is COc1cccc(CCCNC(=O)CN(c2ccc(F)c(F)c2)S(C)(=O)=O)c1. The molecule has 9 heteroatoms. The van der Waals surface area contributed by atoms with Crippen LogP contribution in [0, 0.1) is 11.6 Å².